The largest absolute Gasteiger partial charge is 0.101 e. The maximum atomic E-state index is 3.08. The number of benzene rings is 1. The van der Waals surface area contributed by atoms with Gasteiger partial charge in [-0.3, -0.25) is 0 Å². The van der Waals surface area contributed by atoms with Gasteiger partial charge in [-0.25, -0.2) is 0 Å². The Morgan fingerprint density at radius 1 is 1.12 bits per heavy atom. The summed E-state index contributed by atoms with van der Waals surface area (Å²) in [4.78, 5) is 0. The molecular formula is C17H24. The summed E-state index contributed by atoms with van der Waals surface area (Å²) < 4.78 is 0. The highest BCUT2D eigenvalue weighted by Crippen LogP contribution is 2.15. The molecule has 0 aliphatic heterocycles. The summed E-state index contributed by atoms with van der Waals surface area (Å²) in [7, 11) is 0. The van der Waals surface area contributed by atoms with Gasteiger partial charge >= 0.3 is 0 Å². The molecule has 0 radical (unpaired) electrons. The third-order valence-corrected chi connectivity index (χ3v) is 3.17. The fraction of sp³-hybridized carbons (Fsp3) is 0.529. The second-order valence-corrected chi connectivity index (χ2v) is 4.86. The van der Waals surface area contributed by atoms with E-state index >= 15 is 0 Å². The van der Waals surface area contributed by atoms with E-state index in [2.05, 4.69) is 50.0 Å². The van der Waals surface area contributed by atoms with Crippen LogP contribution >= 0.6 is 0 Å². The Hall–Kier alpha value is -1.22. The second kappa shape index (κ2) is 7.96. The van der Waals surface area contributed by atoms with Gasteiger partial charge in [-0.05, 0) is 43.4 Å². The molecular weight excluding hydrogens is 204 g/mol. The summed E-state index contributed by atoms with van der Waals surface area (Å²) >= 11 is 0. The van der Waals surface area contributed by atoms with E-state index < -0.39 is 0 Å². The highest BCUT2D eigenvalue weighted by Gasteiger charge is 2.00. The Morgan fingerprint density at radius 3 is 2.41 bits per heavy atom. The van der Waals surface area contributed by atoms with E-state index in [0.717, 1.165) is 11.5 Å². The van der Waals surface area contributed by atoms with Crippen LogP contribution in [-0.4, -0.2) is 0 Å². The summed E-state index contributed by atoms with van der Waals surface area (Å²) in [5.41, 5.74) is 2.56. The van der Waals surface area contributed by atoms with Crippen LogP contribution < -0.4 is 0 Å². The molecule has 0 aliphatic carbocycles. The van der Waals surface area contributed by atoms with Crippen LogP contribution in [0.1, 0.15) is 57.6 Å². The number of hydrogen-bond donors (Lipinski definition) is 0. The zero-order valence-electron chi connectivity index (χ0n) is 11.4. The summed E-state index contributed by atoms with van der Waals surface area (Å²) in [6, 6.07) is 8.68. The lowest BCUT2D eigenvalue weighted by Crippen LogP contribution is -1.95. The third kappa shape index (κ3) is 5.59. The topological polar surface area (TPSA) is 0 Å². The molecule has 0 amide bonds. The average Bonchev–Trinajstić information content (AvgIpc) is 2.32. The zero-order chi connectivity index (χ0) is 12.5. The van der Waals surface area contributed by atoms with Gasteiger partial charge in [-0.1, -0.05) is 51.2 Å². The predicted octanol–water partition coefficient (Wildman–Crippen LogP) is 4.82. The van der Waals surface area contributed by atoms with Gasteiger partial charge in [0.25, 0.3) is 0 Å². The second-order valence-electron chi connectivity index (χ2n) is 4.86. The van der Waals surface area contributed by atoms with E-state index in [1.54, 1.807) is 0 Å². The van der Waals surface area contributed by atoms with Crippen molar-refractivity contribution >= 4 is 0 Å². The Balaban J connectivity index is 2.33. The van der Waals surface area contributed by atoms with E-state index in [4.69, 9.17) is 0 Å². The van der Waals surface area contributed by atoms with Crippen LogP contribution in [0.5, 0.6) is 0 Å². The van der Waals surface area contributed by atoms with E-state index in [1.165, 1.54) is 37.7 Å². The molecule has 0 saturated carbocycles. The normalized spacial score (nSPS) is 11.7. The Kier molecular flexibility index (Phi) is 6.48. The van der Waals surface area contributed by atoms with Gasteiger partial charge in [0.05, 0.1) is 0 Å². The van der Waals surface area contributed by atoms with Crippen LogP contribution in [-0.2, 0) is 6.42 Å². The van der Waals surface area contributed by atoms with E-state index in [9.17, 15) is 0 Å². The molecule has 1 atom stereocenters. The standard InChI is InChI=1S/C17H24/c1-4-7-15(3)9-6-10-17-13-11-16(8-5-2)12-14-17/h11-15H,4,6-7,9-10H2,1-3H3. The van der Waals surface area contributed by atoms with Crippen LogP contribution in [0.2, 0.25) is 0 Å². The van der Waals surface area contributed by atoms with Crippen molar-refractivity contribution in [2.24, 2.45) is 5.92 Å². The Morgan fingerprint density at radius 2 is 1.82 bits per heavy atom. The molecule has 1 unspecified atom stereocenters. The summed E-state index contributed by atoms with van der Waals surface area (Å²) in [6.45, 7) is 6.51. The fourth-order valence-corrected chi connectivity index (χ4v) is 2.19. The molecule has 0 spiro atoms. The maximum Gasteiger partial charge on any atom is 0.0245 e. The van der Waals surface area contributed by atoms with Gasteiger partial charge in [0, 0.05) is 5.56 Å². The highest BCUT2D eigenvalue weighted by molar-refractivity contribution is 5.35. The monoisotopic (exact) mass is 228 g/mol. The van der Waals surface area contributed by atoms with Gasteiger partial charge in [0.15, 0.2) is 0 Å². The van der Waals surface area contributed by atoms with Gasteiger partial charge in [0.1, 0.15) is 0 Å². The number of hydrogen-bond acceptors (Lipinski definition) is 0. The number of rotatable bonds is 6. The molecule has 0 aliphatic rings. The van der Waals surface area contributed by atoms with Crippen LogP contribution in [0.25, 0.3) is 0 Å². The first-order chi connectivity index (χ1) is 8.26. The smallest absolute Gasteiger partial charge is 0.0245 e. The molecule has 0 aromatic heterocycles. The van der Waals surface area contributed by atoms with Crippen LogP contribution in [0.4, 0.5) is 0 Å². The minimum Gasteiger partial charge on any atom is -0.101 e. The molecule has 0 bridgehead atoms. The first kappa shape index (κ1) is 13.8. The minimum absolute atomic E-state index is 0.880. The average molecular weight is 228 g/mol. The van der Waals surface area contributed by atoms with Crippen molar-refractivity contribution in [2.45, 2.75) is 52.9 Å². The van der Waals surface area contributed by atoms with Crippen molar-refractivity contribution in [2.75, 3.05) is 0 Å². The molecule has 0 heterocycles. The third-order valence-electron chi connectivity index (χ3n) is 3.17. The molecule has 1 rings (SSSR count). The van der Waals surface area contributed by atoms with Crippen molar-refractivity contribution in [1.29, 1.82) is 0 Å². The molecule has 0 heteroatoms. The van der Waals surface area contributed by atoms with Crippen molar-refractivity contribution in [3.05, 3.63) is 35.4 Å². The minimum atomic E-state index is 0.880. The zero-order valence-corrected chi connectivity index (χ0v) is 11.4. The van der Waals surface area contributed by atoms with Crippen LogP contribution in [0.15, 0.2) is 24.3 Å². The lowest BCUT2D eigenvalue weighted by molar-refractivity contribution is 0.469. The van der Waals surface area contributed by atoms with Crippen LogP contribution in [0.3, 0.4) is 0 Å². The van der Waals surface area contributed by atoms with E-state index in [-0.39, 0.29) is 0 Å². The quantitative estimate of drug-likeness (QED) is 0.612. The number of aryl methyl sites for hydroxylation is 1. The lowest BCUT2D eigenvalue weighted by Gasteiger charge is -2.09. The van der Waals surface area contributed by atoms with Crippen LogP contribution in [0, 0.1) is 17.8 Å². The molecule has 0 nitrogen and oxygen atoms in total. The van der Waals surface area contributed by atoms with Gasteiger partial charge in [-0.15, -0.1) is 5.92 Å². The summed E-state index contributed by atoms with van der Waals surface area (Å²) in [5, 5.41) is 0. The Bertz CT molecular complexity index is 361. The highest BCUT2D eigenvalue weighted by atomic mass is 14.1. The maximum absolute atomic E-state index is 3.08. The fourth-order valence-electron chi connectivity index (χ4n) is 2.19. The Labute approximate surface area is 106 Å². The van der Waals surface area contributed by atoms with E-state index in [0.29, 0.717) is 0 Å². The molecule has 0 fully saturated rings. The molecule has 0 saturated heterocycles. The molecule has 0 N–H and O–H groups in total. The van der Waals surface area contributed by atoms with Crippen molar-refractivity contribution in [3.63, 3.8) is 0 Å². The SMILES string of the molecule is CC#Cc1ccc(CCCC(C)CCC)cc1. The predicted molar refractivity (Wildman–Crippen MR) is 76.0 cm³/mol. The van der Waals surface area contributed by atoms with E-state index in [1.807, 2.05) is 6.92 Å². The molecule has 1 aromatic rings. The van der Waals surface area contributed by atoms with Gasteiger partial charge < -0.3 is 0 Å². The van der Waals surface area contributed by atoms with Crippen molar-refractivity contribution in [1.82, 2.24) is 0 Å². The van der Waals surface area contributed by atoms with Crippen molar-refractivity contribution in [3.8, 4) is 11.8 Å². The first-order valence-corrected chi connectivity index (χ1v) is 6.78. The van der Waals surface area contributed by atoms with Gasteiger partial charge in [-0.2, -0.15) is 0 Å². The molecule has 17 heavy (non-hydrogen) atoms. The lowest BCUT2D eigenvalue weighted by atomic mass is 9.97. The summed E-state index contributed by atoms with van der Waals surface area (Å²) in [6.07, 6.45) is 6.54. The van der Waals surface area contributed by atoms with Crippen molar-refractivity contribution < 1.29 is 0 Å². The molecule has 92 valence electrons. The first-order valence-electron chi connectivity index (χ1n) is 6.78. The van der Waals surface area contributed by atoms with Gasteiger partial charge in [0.2, 0.25) is 0 Å². The molecule has 1 aromatic carbocycles. The summed E-state index contributed by atoms with van der Waals surface area (Å²) in [5.74, 6) is 6.88.